The van der Waals surface area contributed by atoms with E-state index in [1.807, 2.05) is 6.92 Å². The molecule has 84 valence electrons. The molecule has 1 aromatic heterocycles. The Balaban J connectivity index is 2.33. The van der Waals surface area contributed by atoms with Crippen molar-refractivity contribution in [3.05, 3.63) is 23.5 Å². The number of hydrogen-bond acceptors (Lipinski definition) is 4. The van der Waals surface area contributed by atoms with Crippen LogP contribution in [0.15, 0.2) is 12.1 Å². The SMILES string of the molecule is COCCCNCc1nc(C)ccc1O. The molecule has 15 heavy (non-hydrogen) atoms. The fourth-order valence-electron chi connectivity index (χ4n) is 1.28. The van der Waals surface area contributed by atoms with Gasteiger partial charge in [0.2, 0.25) is 0 Å². The van der Waals surface area contributed by atoms with Gasteiger partial charge in [-0.2, -0.15) is 0 Å². The lowest BCUT2D eigenvalue weighted by atomic mass is 10.3. The second-order valence-corrected chi connectivity index (χ2v) is 3.44. The topological polar surface area (TPSA) is 54.4 Å². The number of methoxy groups -OCH3 is 1. The number of rotatable bonds is 6. The van der Waals surface area contributed by atoms with Crippen molar-refractivity contribution in [2.24, 2.45) is 0 Å². The van der Waals surface area contributed by atoms with Gasteiger partial charge in [-0.3, -0.25) is 4.98 Å². The summed E-state index contributed by atoms with van der Waals surface area (Å²) in [6.45, 7) is 4.12. The molecule has 0 saturated heterocycles. The predicted molar refractivity (Wildman–Crippen MR) is 58.8 cm³/mol. The van der Waals surface area contributed by atoms with Gasteiger partial charge in [0.25, 0.3) is 0 Å². The summed E-state index contributed by atoms with van der Waals surface area (Å²) in [6.07, 6.45) is 0.961. The lowest BCUT2D eigenvalue weighted by Crippen LogP contribution is -2.17. The summed E-state index contributed by atoms with van der Waals surface area (Å²) in [5.74, 6) is 0.250. The molecule has 1 rings (SSSR count). The summed E-state index contributed by atoms with van der Waals surface area (Å²) in [4.78, 5) is 4.25. The van der Waals surface area contributed by atoms with Crippen LogP contribution in [0.25, 0.3) is 0 Å². The van der Waals surface area contributed by atoms with Crippen LogP contribution in [0.4, 0.5) is 0 Å². The van der Waals surface area contributed by atoms with Crippen LogP contribution in [0.5, 0.6) is 5.75 Å². The lowest BCUT2D eigenvalue weighted by molar-refractivity contribution is 0.194. The van der Waals surface area contributed by atoms with Crippen molar-refractivity contribution < 1.29 is 9.84 Å². The zero-order valence-electron chi connectivity index (χ0n) is 9.29. The Morgan fingerprint density at radius 3 is 3.00 bits per heavy atom. The molecular formula is C11H18N2O2. The van der Waals surface area contributed by atoms with E-state index >= 15 is 0 Å². The normalized spacial score (nSPS) is 10.5. The zero-order chi connectivity index (χ0) is 11.1. The van der Waals surface area contributed by atoms with Crippen LogP contribution in [0, 0.1) is 6.92 Å². The van der Waals surface area contributed by atoms with E-state index in [2.05, 4.69) is 10.3 Å². The van der Waals surface area contributed by atoms with E-state index in [0.29, 0.717) is 12.2 Å². The first-order valence-electron chi connectivity index (χ1n) is 5.09. The third-order valence-corrected chi connectivity index (χ3v) is 2.08. The Morgan fingerprint density at radius 1 is 1.47 bits per heavy atom. The first kappa shape index (κ1) is 11.9. The highest BCUT2D eigenvalue weighted by molar-refractivity contribution is 5.27. The quantitative estimate of drug-likeness (QED) is 0.693. The van der Waals surface area contributed by atoms with Gasteiger partial charge in [0.1, 0.15) is 5.75 Å². The van der Waals surface area contributed by atoms with E-state index in [9.17, 15) is 5.11 Å². The first-order valence-corrected chi connectivity index (χ1v) is 5.09. The maximum absolute atomic E-state index is 9.51. The summed E-state index contributed by atoms with van der Waals surface area (Å²) < 4.78 is 4.93. The highest BCUT2D eigenvalue weighted by Gasteiger charge is 2.01. The molecule has 0 aliphatic rings. The van der Waals surface area contributed by atoms with Gasteiger partial charge in [0.15, 0.2) is 0 Å². The van der Waals surface area contributed by atoms with E-state index < -0.39 is 0 Å². The standard InChI is InChI=1S/C11H18N2O2/c1-9-4-5-11(14)10(13-9)8-12-6-3-7-15-2/h4-5,12,14H,3,6-8H2,1-2H3. The minimum absolute atomic E-state index is 0.250. The summed E-state index contributed by atoms with van der Waals surface area (Å²) >= 11 is 0. The summed E-state index contributed by atoms with van der Waals surface area (Å²) in [7, 11) is 1.69. The van der Waals surface area contributed by atoms with Gasteiger partial charge in [0, 0.05) is 26.0 Å². The molecule has 0 aromatic carbocycles. The maximum atomic E-state index is 9.51. The van der Waals surface area contributed by atoms with Crippen molar-refractivity contribution in [1.29, 1.82) is 0 Å². The number of ether oxygens (including phenoxy) is 1. The summed E-state index contributed by atoms with van der Waals surface area (Å²) in [5.41, 5.74) is 1.62. The third-order valence-electron chi connectivity index (χ3n) is 2.08. The summed E-state index contributed by atoms with van der Waals surface area (Å²) in [6, 6.07) is 3.47. The van der Waals surface area contributed by atoms with Crippen LogP contribution in [0.1, 0.15) is 17.8 Å². The Bertz CT molecular complexity index is 303. The highest BCUT2D eigenvalue weighted by atomic mass is 16.5. The second-order valence-electron chi connectivity index (χ2n) is 3.44. The first-order chi connectivity index (χ1) is 7.24. The van der Waals surface area contributed by atoms with E-state index in [1.54, 1.807) is 19.2 Å². The van der Waals surface area contributed by atoms with Gasteiger partial charge in [-0.15, -0.1) is 0 Å². The van der Waals surface area contributed by atoms with Gasteiger partial charge in [0.05, 0.1) is 5.69 Å². The minimum Gasteiger partial charge on any atom is -0.506 e. The molecule has 4 nitrogen and oxygen atoms in total. The van der Waals surface area contributed by atoms with Crippen LogP contribution in [0.2, 0.25) is 0 Å². The fourth-order valence-corrected chi connectivity index (χ4v) is 1.28. The smallest absolute Gasteiger partial charge is 0.138 e. The molecule has 0 spiro atoms. The molecule has 0 aliphatic carbocycles. The molecule has 4 heteroatoms. The van der Waals surface area contributed by atoms with Crippen LogP contribution in [-0.2, 0) is 11.3 Å². The number of nitrogens with zero attached hydrogens (tertiary/aromatic N) is 1. The molecule has 0 aliphatic heterocycles. The van der Waals surface area contributed by atoms with Crippen LogP contribution >= 0.6 is 0 Å². The zero-order valence-corrected chi connectivity index (χ0v) is 9.29. The molecule has 1 aromatic rings. The van der Waals surface area contributed by atoms with E-state index in [-0.39, 0.29) is 5.75 Å². The minimum atomic E-state index is 0.250. The Kier molecular flexibility index (Phi) is 5.07. The molecule has 0 amide bonds. The molecule has 2 N–H and O–H groups in total. The monoisotopic (exact) mass is 210 g/mol. The Morgan fingerprint density at radius 2 is 2.27 bits per heavy atom. The molecule has 0 atom stereocenters. The highest BCUT2D eigenvalue weighted by Crippen LogP contribution is 2.13. The van der Waals surface area contributed by atoms with Gasteiger partial charge in [-0.05, 0) is 32.0 Å². The van der Waals surface area contributed by atoms with Crippen LogP contribution < -0.4 is 5.32 Å². The average Bonchev–Trinajstić information content (AvgIpc) is 2.23. The van der Waals surface area contributed by atoms with Crippen LogP contribution in [0.3, 0.4) is 0 Å². The Labute approximate surface area is 90.3 Å². The number of aromatic nitrogens is 1. The predicted octanol–water partition coefficient (Wildman–Crippen LogP) is 1.22. The van der Waals surface area contributed by atoms with Gasteiger partial charge in [-0.1, -0.05) is 0 Å². The molecule has 0 bridgehead atoms. The third kappa shape index (κ3) is 4.27. The molecule has 0 radical (unpaired) electrons. The van der Waals surface area contributed by atoms with Crippen molar-refractivity contribution in [2.75, 3.05) is 20.3 Å². The molecule has 0 fully saturated rings. The molecular weight excluding hydrogens is 192 g/mol. The lowest BCUT2D eigenvalue weighted by Gasteiger charge is -2.06. The maximum Gasteiger partial charge on any atom is 0.138 e. The van der Waals surface area contributed by atoms with Crippen molar-refractivity contribution >= 4 is 0 Å². The Hall–Kier alpha value is -1.13. The molecule has 0 saturated carbocycles. The summed E-state index contributed by atoms with van der Waals surface area (Å²) in [5, 5.41) is 12.7. The number of hydrogen-bond donors (Lipinski definition) is 2. The van der Waals surface area contributed by atoms with Gasteiger partial charge >= 0.3 is 0 Å². The van der Waals surface area contributed by atoms with Crippen molar-refractivity contribution in [3.8, 4) is 5.75 Å². The number of nitrogens with one attached hydrogen (secondary N) is 1. The fraction of sp³-hybridized carbons (Fsp3) is 0.545. The van der Waals surface area contributed by atoms with Gasteiger partial charge in [-0.25, -0.2) is 0 Å². The van der Waals surface area contributed by atoms with Crippen LogP contribution in [-0.4, -0.2) is 30.4 Å². The molecule has 0 unspecified atom stereocenters. The number of aromatic hydroxyl groups is 1. The van der Waals surface area contributed by atoms with E-state index in [0.717, 1.165) is 25.3 Å². The molecule has 1 heterocycles. The second kappa shape index (κ2) is 6.37. The largest absolute Gasteiger partial charge is 0.506 e. The van der Waals surface area contributed by atoms with E-state index in [4.69, 9.17) is 4.74 Å². The number of aryl methyl sites for hydroxylation is 1. The average molecular weight is 210 g/mol. The van der Waals surface area contributed by atoms with Crippen molar-refractivity contribution in [2.45, 2.75) is 19.9 Å². The van der Waals surface area contributed by atoms with Crippen molar-refractivity contribution in [1.82, 2.24) is 10.3 Å². The number of pyridine rings is 1. The van der Waals surface area contributed by atoms with E-state index in [1.165, 1.54) is 0 Å². The van der Waals surface area contributed by atoms with Crippen molar-refractivity contribution in [3.63, 3.8) is 0 Å². The van der Waals surface area contributed by atoms with Gasteiger partial charge < -0.3 is 15.2 Å².